The second-order valence-corrected chi connectivity index (χ2v) is 8.22. The molecule has 1 aromatic carbocycles. The van der Waals surface area contributed by atoms with E-state index in [9.17, 15) is 8.42 Å². The van der Waals surface area contributed by atoms with Gasteiger partial charge in [-0.2, -0.15) is 0 Å². The average Bonchev–Trinajstić information content (AvgIpc) is 3.13. The van der Waals surface area contributed by atoms with E-state index in [1.165, 1.54) is 24.0 Å². The molecule has 2 aliphatic rings. The van der Waals surface area contributed by atoms with E-state index in [0.717, 1.165) is 6.42 Å². The first-order valence-corrected chi connectivity index (χ1v) is 8.89. The molecule has 104 valence electrons. The molecular weight excluding hydrogens is 258 g/mol. The number of hydrogen-bond donors (Lipinski definition) is 1. The summed E-state index contributed by atoms with van der Waals surface area (Å²) in [6, 6.07) is 9.09. The lowest BCUT2D eigenvalue weighted by Crippen LogP contribution is -2.34. The molecule has 0 bridgehead atoms. The molecule has 0 radical (unpaired) electrons. The van der Waals surface area contributed by atoms with Gasteiger partial charge in [-0.3, -0.25) is 0 Å². The minimum absolute atomic E-state index is 0.136. The third-order valence-electron chi connectivity index (χ3n) is 4.18. The predicted molar refractivity (Wildman–Crippen MR) is 76.8 cm³/mol. The first kappa shape index (κ1) is 13.1. The highest BCUT2D eigenvalue weighted by molar-refractivity contribution is 7.91. The first-order chi connectivity index (χ1) is 9.03. The van der Waals surface area contributed by atoms with Crippen LogP contribution in [0.4, 0.5) is 0 Å². The Kier molecular flexibility index (Phi) is 3.39. The van der Waals surface area contributed by atoms with Crippen molar-refractivity contribution in [3.8, 4) is 0 Å². The fraction of sp³-hybridized carbons (Fsp3) is 0.600. The summed E-state index contributed by atoms with van der Waals surface area (Å²) in [5, 5.41) is 3.59. The van der Waals surface area contributed by atoms with Crippen LogP contribution in [0.3, 0.4) is 0 Å². The third-order valence-corrected chi connectivity index (χ3v) is 5.95. The zero-order valence-corrected chi connectivity index (χ0v) is 12.1. The molecule has 1 saturated heterocycles. The summed E-state index contributed by atoms with van der Waals surface area (Å²) < 4.78 is 23.1. The molecule has 1 aliphatic heterocycles. The van der Waals surface area contributed by atoms with Gasteiger partial charge in [-0.1, -0.05) is 29.8 Å². The van der Waals surface area contributed by atoms with E-state index in [0.29, 0.717) is 23.5 Å². The lowest BCUT2D eigenvalue weighted by Gasteiger charge is -2.23. The maximum Gasteiger partial charge on any atom is 0.151 e. The monoisotopic (exact) mass is 279 g/mol. The van der Waals surface area contributed by atoms with Gasteiger partial charge in [0.1, 0.15) is 0 Å². The van der Waals surface area contributed by atoms with Gasteiger partial charge in [-0.05, 0) is 37.7 Å². The molecule has 1 N–H and O–H groups in total. The Morgan fingerprint density at radius 1 is 1.16 bits per heavy atom. The molecule has 2 atom stereocenters. The highest BCUT2D eigenvalue weighted by Crippen LogP contribution is 2.41. The van der Waals surface area contributed by atoms with E-state index in [-0.39, 0.29) is 6.04 Å². The van der Waals surface area contributed by atoms with Gasteiger partial charge in [0.15, 0.2) is 9.84 Å². The Bertz CT molecular complexity index is 546. The number of hydrogen-bond acceptors (Lipinski definition) is 3. The van der Waals surface area contributed by atoms with Gasteiger partial charge in [-0.25, -0.2) is 8.42 Å². The molecule has 0 spiro atoms. The summed E-state index contributed by atoms with van der Waals surface area (Å²) in [5.41, 5.74) is 2.57. The summed E-state index contributed by atoms with van der Waals surface area (Å²) in [5.74, 6) is 1.34. The predicted octanol–water partition coefficient (Wildman–Crippen LogP) is 2.22. The summed E-state index contributed by atoms with van der Waals surface area (Å²) in [6.07, 6.45) is 3.27. The molecule has 3 rings (SSSR count). The quantitative estimate of drug-likeness (QED) is 0.919. The molecule has 1 saturated carbocycles. The minimum Gasteiger partial charge on any atom is -0.306 e. The van der Waals surface area contributed by atoms with Crippen molar-refractivity contribution in [2.45, 2.75) is 38.3 Å². The van der Waals surface area contributed by atoms with Crippen LogP contribution in [0.25, 0.3) is 0 Å². The van der Waals surface area contributed by atoms with Gasteiger partial charge in [0.05, 0.1) is 11.5 Å². The van der Waals surface area contributed by atoms with Crippen molar-refractivity contribution in [1.82, 2.24) is 5.32 Å². The normalized spacial score (nSPS) is 27.3. The highest BCUT2D eigenvalue weighted by Gasteiger charge is 2.36. The van der Waals surface area contributed by atoms with Crippen LogP contribution >= 0.6 is 0 Å². The number of aryl methyl sites for hydroxylation is 1. The van der Waals surface area contributed by atoms with Crippen LogP contribution in [0.5, 0.6) is 0 Å². The van der Waals surface area contributed by atoms with E-state index in [1.54, 1.807) is 0 Å². The van der Waals surface area contributed by atoms with Crippen molar-refractivity contribution in [1.29, 1.82) is 0 Å². The van der Waals surface area contributed by atoms with Crippen LogP contribution in [0.15, 0.2) is 24.3 Å². The van der Waals surface area contributed by atoms with Crippen molar-refractivity contribution < 1.29 is 8.42 Å². The van der Waals surface area contributed by atoms with E-state index in [4.69, 9.17) is 0 Å². The summed E-state index contributed by atoms with van der Waals surface area (Å²) in [7, 11) is -2.80. The minimum atomic E-state index is -2.80. The number of rotatable bonds is 4. The van der Waals surface area contributed by atoms with Crippen LogP contribution in [0.2, 0.25) is 0 Å². The SMILES string of the molecule is Cc1ccc(C(NC2CCS(=O)(=O)C2)C2CC2)cc1. The van der Waals surface area contributed by atoms with Gasteiger partial charge >= 0.3 is 0 Å². The van der Waals surface area contributed by atoms with Crippen molar-refractivity contribution in [3.63, 3.8) is 0 Å². The van der Waals surface area contributed by atoms with Gasteiger partial charge in [-0.15, -0.1) is 0 Å². The van der Waals surface area contributed by atoms with Crippen molar-refractivity contribution in [2.24, 2.45) is 5.92 Å². The Labute approximate surface area is 115 Å². The largest absolute Gasteiger partial charge is 0.306 e. The van der Waals surface area contributed by atoms with Gasteiger partial charge in [0, 0.05) is 12.1 Å². The molecule has 2 fully saturated rings. The van der Waals surface area contributed by atoms with Crippen LogP contribution in [0, 0.1) is 12.8 Å². The van der Waals surface area contributed by atoms with Crippen LogP contribution in [0.1, 0.15) is 36.4 Å². The van der Waals surface area contributed by atoms with E-state index in [1.807, 2.05) is 0 Å². The van der Waals surface area contributed by atoms with E-state index < -0.39 is 9.84 Å². The van der Waals surface area contributed by atoms with Gasteiger partial charge in [0.2, 0.25) is 0 Å². The molecule has 0 aromatic heterocycles. The van der Waals surface area contributed by atoms with Crippen LogP contribution < -0.4 is 5.32 Å². The van der Waals surface area contributed by atoms with E-state index >= 15 is 0 Å². The average molecular weight is 279 g/mol. The Morgan fingerprint density at radius 3 is 2.37 bits per heavy atom. The fourth-order valence-electron chi connectivity index (χ4n) is 2.89. The standard InChI is InChI=1S/C15H21NO2S/c1-11-2-4-12(5-3-11)15(13-6-7-13)16-14-8-9-19(17,18)10-14/h2-5,13-16H,6-10H2,1H3. The number of sulfone groups is 1. The second kappa shape index (κ2) is 4.91. The van der Waals surface area contributed by atoms with Gasteiger partial charge in [0.25, 0.3) is 0 Å². The lowest BCUT2D eigenvalue weighted by atomic mass is 10.00. The van der Waals surface area contributed by atoms with Gasteiger partial charge < -0.3 is 5.32 Å². The molecule has 2 unspecified atom stereocenters. The maximum atomic E-state index is 11.5. The third kappa shape index (κ3) is 3.18. The maximum absolute atomic E-state index is 11.5. The first-order valence-electron chi connectivity index (χ1n) is 7.06. The second-order valence-electron chi connectivity index (χ2n) is 5.99. The molecule has 1 heterocycles. The lowest BCUT2D eigenvalue weighted by molar-refractivity contribution is 0.423. The van der Waals surface area contributed by atoms with Crippen LogP contribution in [-0.2, 0) is 9.84 Å². The molecular formula is C15H21NO2S. The topological polar surface area (TPSA) is 46.2 Å². The summed E-state index contributed by atoms with van der Waals surface area (Å²) in [4.78, 5) is 0. The smallest absolute Gasteiger partial charge is 0.151 e. The van der Waals surface area contributed by atoms with Crippen molar-refractivity contribution in [3.05, 3.63) is 35.4 Å². The Morgan fingerprint density at radius 2 is 1.84 bits per heavy atom. The van der Waals surface area contributed by atoms with E-state index in [2.05, 4.69) is 36.5 Å². The zero-order chi connectivity index (χ0) is 13.5. The summed E-state index contributed by atoms with van der Waals surface area (Å²) >= 11 is 0. The molecule has 1 aliphatic carbocycles. The molecule has 0 amide bonds. The fourth-order valence-corrected chi connectivity index (χ4v) is 4.57. The van der Waals surface area contributed by atoms with Crippen molar-refractivity contribution in [2.75, 3.05) is 11.5 Å². The Hall–Kier alpha value is -0.870. The number of nitrogens with one attached hydrogen (secondary N) is 1. The summed E-state index contributed by atoms with van der Waals surface area (Å²) in [6.45, 7) is 2.09. The van der Waals surface area contributed by atoms with Crippen molar-refractivity contribution >= 4 is 9.84 Å². The highest BCUT2D eigenvalue weighted by atomic mass is 32.2. The molecule has 3 nitrogen and oxygen atoms in total. The zero-order valence-electron chi connectivity index (χ0n) is 11.3. The molecule has 4 heteroatoms. The van der Waals surface area contributed by atoms with Crippen LogP contribution in [-0.4, -0.2) is 26.0 Å². The molecule has 19 heavy (non-hydrogen) atoms. The Balaban J connectivity index is 1.73. The molecule has 1 aromatic rings. The number of benzene rings is 1.